The van der Waals surface area contributed by atoms with E-state index in [9.17, 15) is 5.11 Å². The van der Waals surface area contributed by atoms with Crippen LogP contribution in [0, 0.1) is 11.8 Å². The molecule has 1 saturated carbocycles. The van der Waals surface area contributed by atoms with Gasteiger partial charge in [0.05, 0.1) is 19.3 Å². The second kappa shape index (κ2) is 8.06. The Morgan fingerprint density at radius 2 is 2.00 bits per heavy atom. The van der Waals surface area contributed by atoms with Crippen LogP contribution >= 0.6 is 0 Å². The first-order chi connectivity index (χ1) is 8.17. The predicted octanol–water partition coefficient (Wildman–Crippen LogP) is 2.19. The Morgan fingerprint density at radius 3 is 2.59 bits per heavy atom. The van der Waals surface area contributed by atoms with E-state index in [1.54, 1.807) is 7.11 Å². The minimum Gasteiger partial charge on any atom is -0.395 e. The lowest BCUT2D eigenvalue weighted by Gasteiger charge is -2.23. The summed E-state index contributed by atoms with van der Waals surface area (Å²) in [6.45, 7) is 5.43. The van der Waals surface area contributed by atoms with Gasteiger partial charge in [0.25, 0.3) is 0 Å². The molecule has 1 fully saturated rings. The van der Waals surface area contributed by atoms with Crippen molar-refractivity contribution in [2.75, 3.05) is 20.3 Å². The van der Waals surface area contributed by atoms with E-state index in [1.807, 2.05) is 0 Å². The molecule has 0 aliphatic heterocycles. The van der Waals surface area contributed by atoms with Crippen LogP contribution < -0.4 is 5.32 Å². The molecular weight excluding hydrogens is 214 g/mol. The molecule has 1 aliphatic carbocycles. The zero-order valence-corrected chi connectivity index (χ0v) is 11.6. The predicted molar refractivity (Wildman–Crippen MR) is 71.1 cm³/mol. The maximum atomic E-state index is 9.26. The van der Waals surface area contributed by atoms with Gasteiger partial charge in [0, 0.05) is 13.2 Å². The molecule has 3 heteroatoms. The molecule has 3 nitrogen and oxygen atoms in total. The molecule has 1 aliphatic rings. The molecule has 3 unspecified atom stereocenters. The van der Waals surface area contributed by atoms with Gasteiger partial charge in [-0.15, -0.1) is 0 Å². The Morgan fingerprint density at radius 1 is 1.24 bits per heavy atom. The minimum absolute atomic E-state index is 0.0978. The summed E-state index contributed by atoms with van der Waals surface area (Å²) in [6, 6.07) is 0.659. The zero-order chi connectivity index (χ0) is 12.7. The number of hydrogen-bond acceptors (Lipinski definition) is 3. The number of rotatable bonds is 6. The van der Waals surface area contributed by atoms with Crippen LogP contribution in [-0.4, -0.2) is 37.5 Å². The van der Waals surface area contributed by atoms with Crippen molar-refractivity contribution in [3.8, 4) is 0 Å². The van der Waals surface area contributed by atoms with E-state index >= 15 is 0 Å². The molecule has 1 rings (SSSR count). The lowest BCUT2D eigenvalue weighted by molar-refractivity contribution is 0.120. The first kappa shape index (κ1) is 14.9. The van der Waals surface area contributed by atoms with Gasteiger partial charge in [-0.2, -0.15) is 0 Å². The fraction of sp³-hybridized carbons (Fsp3) is 1.00. The van der Waals surface area contributed by atoms with Gasteiger partial charge in [-0.3, -0.25) is 0 Å². The molecule has 0 saturated heterocycles. The summed E-state index contributed by atoms with van der Waals surface area (Å²) < 4.78 is 5.10. The van der Waals surface area contributed by atoms with Crippen LogP contribution in [0.5, 0.6) is 0 Å². The molecule has 0 bridgehead atoms. The highest BCUT2D eigenvalue weighted by Crippen LogP contribution is 2.28. The lowest BCUT2D eigenvalue weighted by atomic mass is 9.89. The molecule has 0 amide bonds. The van der Waals surface area contributed by atoms with E-state index in [2.05, 4.69) is 19.2 Å². The highest BCUT2D eigenvalue weighted by molar-refractivity contribution is 4.79. The van der Waals surface area contributed by atoms with Crippen molar-refractivity contribution in [1.82, 2.24) is 5.32 Å². The highest BCUT2D eigenvalue weighted by Gasteiger charge is 2.22. The molecule has 102 valence electrons. The number of ether oxygens (including phenoxy) is 1. The van der Waals surface area contributed by atoms with Crippen molar-refractivity contribution in [2.45, 2.75) is 58.0 Å². The fourth-order valence-corrected chi connectivity index (χ4v) is 2.85. The van der Waals surface area contributed by atoms with Crippen LogP contribution in [0.15, 0.2) is 0 Å². The van der Waals surface area contributed by atoms with Crippen LogP contribution in [0.25, 0.3) is 0 Å². The average Bonchev–Trinajstić information content (AvgIpc) is 2.54. The number of aliphatic hydroxyl groups is 1. The topological polar surface area (TPSA) is 41.5 Å². The smallest absolute Gasteiger partial charge is 0.0638 e. The molecule has 2 N–H and O–H groups in total. The molecule has 0 heterocycles. The third-order valence-corrected chi connectivity index (χ3v) is 4.02. The number of nitrogens with one attached hydrogen (secondary N) is 1. The summed E-state index contributed by atoms with van der Waals surface area (Å²) in [5, 5.41) is 12.8. The van der Waals surface area contributed by atoms with Crippen molar-refractivity contribution >= 4 is 0 Å². The molecular formula is C14H29NO2. The third kappa shape index (κ3) is 5.36. The Labute approximate surface area is 106 Å². The maximum absolute atomic E-state index is 9.26. The number of methoxy groups -OCH3 is 1. The van der Waals surface area contributed by atoms with Crippen LogP contribution in [0.4, 0.5) is 0 Å². The van der Waals surface area contributed by atoms with E-state index < -0.39 is 0 Å². The van der Waals surface area contributed by atoms with Gasteiger partial charge < -0.3 is 15.2 Å². The van der Waals surface area contributed by atoms with Crippen molar-refractivity contribution in [1.29, 1.82) is 0 Å². The van der Waals surface area contributed by atoms with Gasteiger partial charge in [0.1, 0.15) is 0 Å². The van der Waals surface area contributed by atoms with Gasteiger partial charge in [-0.05, 0) is 31.1 Å². The van der Waals surface area contributed by atoms with E-state index in [-0.39, 0.29) is 12.6 Å². The molecule has 0 radical (unpaired) electrons. The normalized spacial score (nSPS) is 28.1. The first-order valence-electron chi connectivity index (χ1n) is 7.03. The Kier molecular flexibility index (Phi) is 7.09. The van der Waals surface area contributed by atoms with E-state index in [0.717, 1.165) is 11.8 Å². The standard InChI is InChI=1S/C14H29NO2/c1-11(2)12-5-4-6-13(8-7-12)15-14(9-16)10-17-3/h11-16H,4-10H2,1-3H3. The first-order valence-corrected chi connectivity index (χ1v) is 7.03. The summed E-state index contributed by atoms with van der Waals surface area (Å²) >= 11 is 0. The van der Waals surface area contributed by atoms with E-state index in [1.165, 1.54) is 32.1 Å². The second-order valence-electron chi connectivity index (χ2n) is 5.71. The third-order valence-electron chi connectivity index (χ3n) is 4.02. The summed E-state index contributed by atoms with van der Waals surface area (Å²) in [4.78, 5) is 0. The van der Waals surface area contributed by atoms with Crippen LogP contribution in [-0.2, 0) is 4.74 Å². The van der Waals surface area contributed by atoms with Crippen LogP contribution in [0.1, 0.15) is 46.0 Å². The molecule has 0 aromatic heterocycles. The van der Waals surface area contributed by atoms with E-state index in [4.69, 9.17) is 4.74 Å². The summed E-state index contributed by atoms with van der Waals surface area (Å²) in [7, 11) is 1.69. The monoisotopic (exact) mass is 243 g/mol. The molecule has 0 aromatic carbocycles. The highest BCUT2D eigenvalue weighted by atomic mass is 16.5. The maximum Gasteiger partial charge on any atom is 0.0638 e. The van der Waals surface area contributed by atoms with Crippen molar-refractivity contribution < 1.29 is 9.84 Å². The summed E-state index contributed by atoms with van der Waals surface area (Å²) in [5.74, 6) is 1.69. The van der Waals surface area contributed by atoms with Crippen LogP contribution in [0.2, 0.25) is 0 Å². The second-order valence-corrected chi connectivity index (χ2v) is 5.71. The van der Waals surface area contributed by atoms with E-state index in [0.29, 0.717) is 12.6 Å². The molecule has 0 spiro atoms. The van der Waals surface area contributed by atoms with Gasteiger partial charge in [0.2, 0.25) is 0 Å². The number of hydrogen-bond donors (Lipinski definition) is 2. The molecule has 3 atom stereocenters. The fourth-order valence-electron chi connectivity index (χ4n) is 2.85. The molecule has 0 aromatic rings. The van der Waals surface area contributed by atoms with Gasteiger partial charge in [-0.25, -0.2) is 0 Å². The SMILES string of the molecule is COCC(CO)NC1CCCC(C(C)C)CC1. The van der Waals surface area contributed by atoms with Crippen molar-refractivity contribution in [3.05, 3.63) is 0 Å². The quantitative estimate of drug-likeness (QED) is 0.703. The van der Waals surface area contributed by atoms with Crippen molar-refractivity contribution in [3.63, 3.8) is 0 Å². The summed E-state index contributed by atoms with van der Waals surface area (Å²) in [5.41, 5.74) is 0. The number of aliphatic hydroxyl groups excluding tert-OH is 1. The minimum atomic E-state index is 0.0978. The Bertz CT molecular complexity index is 197. The van der Waals surface area contributed by atoms with Gasteiger partial charge in [0.15, 0.2) is 0 Å². The lowest BCUT2D eigenvalue weighted by Crippen LogP contribution is -2.43. The van der Waals surface area contributed by atoms with Gasteiger partial charge in [-0.1, -0.05) is 26.7 Å². The average molecular weight is 243 g/mol. The largest absolute Gasteiger partial charge is 0.395 e. The Balaban J connectivity index is 2.35. The molecule has 17 heavy (non-hydrogen) atoms. The zero-order valence-electron chi connectivity index (χ0n) is 11.6. The van der Waals surface area contributed by atoms with Gasteiger partial charge >= 0.3 is 0 Å². The Hall–Kier alpha value is -0.120. The van der Waals surface area contributed by atoms with Crippen LogP contribution in [0.3, 0.4) is 0 Å². The van der Waals surface area contributed by atoms with Crippen molar-refractivity contribution in [2.24, 2.45) is 11.8 Å². The summed E-state index contributed by atoms with van der Waals surface area (Å²) in [6.07, 6.45) is 6.47.